The quantitative estimate of drug-likeness (QED) is 0.0697. The molecule has 0 saturated heterocycles. The number of hydrogen-bond acceptors (Lipinski definition) is 2. The first-order valence-electron chi connectivity index (χ1n) is 20.0. The van der Waals surface area contributed by atoms with E-state index >= 15 is 0 Å². The minimum Gasteiger partial charge on any atom is -0.264 e. The molecular weight excluding hydrogens is 703 g/mol. The maximum atomic E-state index is 5.34. The normalized spacial score (nSPS) is 13.6. The van der Waals surface area contributed by atoms with E-state index < -0.39 is 0 Å². The molecule has 284 valence electrons. The Bertz CT molecular complexity index is 2630. The van der Waals surface area contributed by atoms with Crippen molar-refractivity contribution in [2.24, 2.45) is 9.98 Å². The van der Waals surface area contributed by atoms with Gasteiger partial charge in [-0.25, -0.2) is 9.98 Å². The molecule has 0 fully saturated rings. The zero-order valence-electron chi connectivity index (χ0n) is 33.7. The zero-order chi connectivity index (χ0) is 40.3. The Labute approximate surface area is 344 Å². The fourth-order valence-electron chi connectivity index (χ4n) is 7.38. The van der Waals surface area contributed by atoms with Crippen LogP contribution in [0.1, 0.15) is 71.2 Å². The Kier molecular flexibility index (Phi) is 12.7. The van der Waals surface area contributed by atoms with E-state index in [0.717, 1.165) is 86.3 Å². The molecule has 1 heterocycles. The predicted molar refractivity (Wildman–Crippen MR) is 249 cm³/mol. The molecule has 7 rings (SSSR count). The van der Waals surface area contributed by atoms with Crippen LogP contribution >= 0.6 is 0 Å². The molecule has 0 atom stereocenters. The number of benzene rings is 5. The summed E-state index contributed by atoms with van der Waals surface area (Å²) in [7, 11) is 0. The SMILES string of the molecule is C=C/C=C(C=C)/C=C(/c1cccc(-c2cc(C(C)=NC(=N/C(=C/CC)c3ccccc3)c3ccccc3)cc(-c3cncc4c3C=CCC4)c2)c1)c1ccccc1C. The lowest BCUT2D eigenvalue weighted by molar-refractivity contribution is 0.972. The van der Waals surface area contributed by atoms with Crippen molar-refractivity contribution in [1.82, 2.24) is 4.98 Å². The zero-order valence-corrected chi connectivity index (χ0v) is 33.7. The van der Waals surface area contributed by atoms with Crippen molar-refractivity contribution < 1.29 is 0 Å². The summed E-state index contributed by atoms with van der Waals surface area (Å²) in [5, 5.41) is 0. The van der Waals surface area contributed by atoms with Crippen LogP contribution in [0, 0.1) is 6.92 Å². The first kappa shape index (κ1) is 39.3. The van der Waals surface area contributed by atoms with Crippen molar-refractivity contribution in [1.29, 1.82) is 0 Å². The summed E-state index contributed by atoms with van der Waals surface area (Å²) in [6, 6.07) is 44.7. The Morgan fingerprint density at radius 1 is 0.724 bits per heavy atom. The largest absolute Gasteiger partial charge is 0.264 e. The van der Waals surface area contributed by atoms with E-state index in [1.807, 2.05) is 48.8 Å². The number of hydrogen-bond donors (Lipinski definition) is 0. The lowest BCUT2D eigenvalue weighted by atomic mass is 9.88. The molecule has 1 aromatic heterocycles. The molecule has 0 radical (unpaired) electrons. The molecule has 0 amide bonds. The van der Waals surface area contributed by atoms with Gasteiger partial charge in [-0.15, -0.1) is 0 Å². The summed E-state index contributed by atoms with van der Waals surface area (Å²) in [5.41, 5.74) is 17.3. The molecule has 3 heteroatoms. The van der Waals surface area contributed by atoms with Crippen molar-refractivity contribution in [3.63, 3.8) is 0 Å². The van der Waals surface area contributed by atoms with Gasteiger partial charge in [0.1, 0.15) is 0 Å². The Hall–Kier alpha value is -6.97. The van der Waals surface area contributed by atoms with Crippen molar-refractivity contribution in [2.45, 2.75) is 40.0 Å². The lowest BCUT2D eigenvalue weighted by Crippen LogP contribution is -2.05. The number of allylic oxidation sites excluding steroid dienone is 7. The highest BCUT2D eigenvalue weighted by atomic mass is 14.9. The van der Waals surface area contributed by atoms with Crippen molar-refractivity contribution in [2.75, 3.05) is 0 Å². The smallest absolute Gasteiger partial charge is 0.160 e. The average Bonchev–Trinajstić information content (AvgIpc) is 3.28. The van der Waals surface area contributed by atoms with Crippen LogP contribution in [-0.2, 0) is 6.42 Å². The summed E-state index contributed by atoms with van der Waals surface area (Å²) < 4.78 is 0. The van der Waals surface area contributed by atoms with E-state index in [2.05, 4.69) is 161 Å². The van der Waals surface area contributed by atoms with Crippen LogP contribution in [0.25, 0.3) is 39.6 Å². The second-order valence-corrected chi connectivity index (χ2v) is 14.4. The average molecular weight is 752 g/mol. The third-order valence-corrected chi connectivity index (χ3v) is 10.4. The van der Waals surface area contributed by atoms with E-state index in [1.54, 1.807) is 6.08 Å². The molecule has 0 bridgehead atoms. The van der Waals surface area contributed by atoms with Crippen molar-refractivity contribution in [3.8, 4) is 22.3 Å². The molecule has 58 heavy (non-hydrogen) atoms. The topological polar surface area (TPSA) is 37.6 Å². The van der Waals surface area contributed by atoms with Crippen LogP contribution in [0.4, 0.5) is 0 Å². The second-order valence-electron chi connectivity index (χ2n) is 14.4. The Morgan fingerprint density at radius 3 is 2.17 bits per heavy atom. The number of amidine groups is 1. The predicted octanol–water partition coefficient (Wildman–Crippen LogP) is 14.1. The number of aromatic nitrogens is 1. The van der Waals surface area contributed by atoms with Crippen LogP contribution in [0.2, 0.25) is 0 Å². The molecule has 0 unspecified atom stereocenters. The van der Waals surface area contributed by atoms with E-state index in [1.165, 1.54) is 22.3 Å². The van der Waals surface area contributed by atoms with Crippen LogP contribution in [0.3, 0.4) is 0 Å². The highest BCUT2D eigenvalue weighted by Crippen LogP contribution is 2.36. The van der Waals surface area contributed by atoms with Crippen LogP contribution < -0.4 is 0 Å². The molecule has 0 saturated carbocycles. The molecule has 3 nitrogen and oxygen atoms in total. The van der Waals surface area contributed by atoms with Crippen molar-refractivity contribution >= 4 is 28.9 Å². The molecule has 6 aromatic rings. The summed E-state index contributed by atoms with van der Waals surface area (Å²) in [6.45, 7) is 14.4. The van der Waals surface area contributed by atoms with Gasteiger partial charge in [0.05, 0.1) is 5.70 Å². The van der Waals surface area contributed by atoms with Gasteiger partial charge in [0.25, 0.3) is 0 Å². The van der Waals surface area contributed by atoms with Crippen LogP contribution in [0.5, 0.6) is 0 Å². The third kappa shape index (κ3) is 9.18. The molecule has 0 aliphatic heterocycles. The summed E-state index contributed by atoms with van der Waals surface area (Å²) in [5.74, 6) is 0.663. The van der Waals surface area contributed by atoms with Gasteiger partial charge < -0.3 is 0 Å². The molecule has 1 aliphatic carbocycles. The fraction of sp³-hybridized carbons (Fsp3) is 0.109. The molecule has 0 spiro atoms. The number of fused-ring (bicyclic) bond motifs is 1. The first-order valence-corrected chi connectivity index (χ1v) is 20.0. The van der Waals surface area contributed by atoms with Gasteiger partial charge in [0.15, 0.2) is 5.84 Å². The van der Waals surface area contributed by atoms with Crippen LogP contribution in [-0.4, -0.2) is 16.5 Å². The van der Waals surface area contributed by atoms with Gasteiger partial charge in [-0.05, 0) is 130 Å². The number of rotatable bonds is 12. The number of nitrogens with zero attached hydrogens (tertiary/aromatic N) is 3. The van der Waals surface area contributed by atoms with Crippen LogP contribution in [0.15, 0.2) is 205 Å². The first-order chi connectivity index (χ1) is 28.4. The minimum atomic E-state index is 0.663. The van der Waals surface area contributed by atoms with Gasteiger partial charge in [0.2, 0.25) is 0 Å². The molecule has 1 aliphatic rings. The van der Waals surface area contributed by atoms with Gasteiger partial charge in [-0.2, -0.15) is 0 Å². The van der Waals surface area contributed by atoms with Crippen molar-refractivity contribution in [3.05, 3.63) is 239 Å². The lowest BCUT2D eigenvalue weighted by Gasteiger charge is -2.17. The molecular formula is C55H49N3. The second kappa shape index (κ2) is 18.8. The number of aryl methyl sites for hydroxylation is 2. The Balaban J connectivity index is 1.42. The number of pyridine rings is 1. The minimum absolute atomic E-state index is 0.663. The monoisotopic (exact) mass is 751 g/mol. The molecule has 5 aromatic carbocycles. The van der Waals surface area contributed by atoms with Gasteiger partial charge in [-0.3, -0.25) is 4.98 Å². The highest BCUT2D eigenvalue weighted by molar-refractivity contribution is 6.13. The maximum absolute atomic E-state index is 5.34. The van der Waals surface area contributed by atoms with E-state index in [4.69, 9.17) is 15.0 Å². The highest BCUT2D eigenvalue weighted by Gasteiger charge is 2.17. The summed E-state index contributed by atoms with van der Waals surface area (Å²) in [6.07, 6.45) is 21.4. The maximum Gasteiger partial charge on any atom is 0.160 e. The van der Waals surface area contributed by atoms with Gasteiger partial charge >= 0.3 is 0 Å². The summed E-state index contributed by atoms with van der Waals surface area (Å²) in [4.78, 5) is 15.3. The summed E-state index contributed by atoms with van der Waals surface area (Å²) >= 11 is 0. The Morgan fingerprint density at radius 2 is 1.43 bits per heavy atom. The van der Waals surface area contributed by atoms with E-state index in [0.29, 0.717) is 5.84 Å². The fourth-order valence-corrected chi connectivity index (χ4v) is 7.38. The van der Waals surface area contributed by atoms with E-state index in [9.17, 15) is 0 Å². The van der Waals surface area contributed by atoms with E-state index in [-0.39, 0.29) is 0 Å². The van der Waals surface area contributed by atoms with Gasteiger partial charge in [-0.1, -0.05) is 160 Å². The molecule has 0 N–H and O–H groups in total. The number of aliphatic imine (C=N–C) groups is 2. The third-order valence-electron chi connectivity index (χ3n) is 10.4. The van der Waals surface area contributed by atoms with Gasteiger partial charge in [0, 0.05) is 29.2 Å². The standard InChI is InChI=1S/C55H49N3/c1-6-20-41(8-3)32-52(50-30-17-15-22-39(50)4)45-29-19-28-44(33-45)48-34-47(35-49(36-48)53-38-56-37-46-27-16-18-31-51(46)53)40(5)57-55(43-25-13-10-14-26-43)58-54(21-7-2)42-23-11-9-12-24-42/h6,8-15,17-26,28-38H,1,3,7,16,27H2,2,4-5H3/b41-20+,52-32-,54-21+,57-40?,58-55?.